The van der Waals surface area contributed by atoms with Crippen LogP contribution in [0.5, 0.6) is 0 Å². The molecule has 2 heteroatoms. The lowest BCUT2D eigenvalue weighted by Crippen LogP contribution is -2.29. The zero-order chi connectivity index (χ0) is 40.5. The van der Waals surface area contributed by atoms with Crippen molar-refractivity contribution >= 4 is 66.1 Å². The van der Waals surface area contributed by atoms with Gasteiger partial charge in [-0.1, -0.05) is 204 Å². The van der Waals surface area contributed by atoms with Crippen LogP contribution in [0.4, 0.5) is 0 Å². The van der Waals surface area contributed by atoms with Gasteiger partial charge in [-0.3, -0.25) is 0 Å². The van der Waals surface area contributed by atoms with Crippen LogP contribution in [0.25, 0.3) is 76.5 Å². The van der Waals surface area contributed by atoms with Crippen LogP contribution in [0.2, 0.25) is 0 Å². The fraction of sp³-hybridized carbons (Fsp3) is 0.103. The molecule has 286 valence electrons. The molecule has 2 aliphatic carbocycles. The summed E-state index contributed by atoms with van der Waals surface area (Å²) in [6.07, 6.45) is 0. The van der Waals surface area contributed by atoms with Crippen LogP contribution in [0.3, 0.4) is 0 Å². The van der Waals surface area contributed by atoms with E-state index in [0.717, 1.165) is 48.4 Å². The van der Waals surface area contributed by atoms with Crippen LogP contribution in [0.1, 0.15) is 49.9 Å². The topological polar surface area (TPSA) is 17.1 Å². The number of benzene rings is 10. The first kappa shape index (κ1) is 35.4. The lowest BCUT2D eigenvalue weighted by molar-refractivity contribution is 0.592. The molecule has 10 aromatic rings. The Morgan fingerprint density at radius 3 is 1.28 bits per heavy atom. The summed E-state index contributed by atoms with van der Waals surface area (Å²) in [4.78, 5) is 0. The van der Waals surface area contributed by atoms with Gasteiger partial charge in [0, 0.05) is 32.1 Å². The summed E-state index contributed by atoms with van der Waals surface area (Å²) in [5.74, 6) is 0. The van der Waals surface area contributed by atoms with Crippen molar-refractivity contribution in [1.82, 2.24) is 0 Å². The number of hydrogen-bond donors (Lipinski definition) is 0. The molecule has 0 amide bonds. The minimum Gasteiger partial charge on any atom is -0.309 e. The summed E-state index contributed by atoms with van der Waals surface area (Å²) in [5.41, 5.74) is 11.8. The fourth-order valence-corrected chi connectivity index (χ4v) is 14.3. The maximum atomic E-state index is 18.0. The molecule has 0 N–H and O–H groups in total. The van der Waals surface area contributed by atoms with Gasteiger partial charge in [-0.25, -0.2) is 0 Å². The molecule has 1 nitrogen and oxygen atoms in total. The highest BCUT2D eigenvalue weighted by molar-refractivity contribution is 7.86. The molecule has 10 aromatic carbocycles. The standard InChI is InChI=1S/C58H43OP/c1-57(2)49-28-16-14-22-41(49)43-32-30-37(34-51(43)57)60(59,38-31-33-44-42-23-15-17-29-50(42)58(3,4)52(44)35-38)56-48-27-13-12-26-47(48)53(36-18-6-5-7-19-36)54-45-24-10-8-20-39(45)40-21-9-11-25-46(40)55(54)56/h5-35H,1-4H3. The van der Waals surface area contributed by atoms with Crippen LogP contribution in [-0.4, -0.2) is 0 Å². The monoisotopic (exact) mass is 786 g/mol. The lowest BCUT2D eigenvalue weighted by atomic mass is 9.82. The Bertz CT molecular complexity index is 3410. The van der Waals surface area contributed by atoms with E-state index in [1.54, 1.807) is 0 Å². The highest BCUT2D eigenvalue weighted by Gasteiger charge is 2.42. The number of rotatable bonds is 4. The van der Waals surface area contributed by atoms with Gasteiger partial charge >= 0.3 is 0 Å². The van der Waals surface area contributed by atoms with Crippen LogP contribution < -0.4 is 15.9 Å². The highest BCUT2D eigenvalue weighted by atomic mass is 31.2. The highest BCUT2D eigenvalue weighted by Crippen LogP contribution is 2.56. The maximum absolute atomic E-state index is 18.0. The zero-order valence-corrected chi connectivity index (χ0v) is 35.1. The second kappa shape index (κ2) is 12.5. The van der Waals surface area contributed by atoms with Crippen molar-refractivity contribution in [2.24, 2.45) is 0 Å². The molecule has 0 saturated carbocycles. The SMILES string of the molecule is CC1(C)c2ccccc2-c2ccc(P(=O)(c3ccc4c(c3)C(C)(C)c3ccccc3-4)c3c4ccccc4c(-c4ccccc4)c4c5ccccc5c5ccccc5c34)cc21. The van der Waals surface area contributed by atoms with Gasteiger partial charge in [0.2, 0.25) is 0 Å². The number of fused-ring (bicyclic) bond motifs is 13. The average molecular weight is 787 g/mol. The third-order valence-corrected chi connectivity index (χ3v) is 17.2. The number of hydrogen-bond acceptors (Lipinski definition) is 1. The van der Waals surface area contributed by atoms with Crippen molar-refractivity contribution in [3.8, 4) is 33.4 Å². The first-order chi connectivity index (χ1) is 29.2. The first-order valence-corrected chi connectivity index (χ1v) is 22.8. The van der Waals surface area contributed by atoms with E-state index < -0.39 is 7.14 Å². The molecule has 0 bridgehead atoms. The van der Waals surface area contributed by atoms with Crippen molar-refractivity contribution in [2.45, 2.75) is 38.5 Å². The summed E-state index contributed by atoms with van der Waals surface area (Å²) in [6, 6.07) is 68.2. The lowest BCUT2D eigenvalue weighted by Gasteiger charge is -2.29. The summed E-state index contributed by atoms with van der Waals surface area (Å²) in [5, 5.41) is 11.6. The Balaban J connectivity index is 1.30. The molecular weight excluding hydrogens is 744 g/mol. The second-order valence-corrected chi connectivity index (χ2v) is 20.6. The van der Waals surface area contributed by atoms with Gasteiger partial charge in [0.15, 0.2) is 7.14 Å². The molecular formula is C58H43OP. The second-order valence-electron chi connectivity index (χ2n) is 17.9. The van der Waals surface area contributed by atoms with E-state index >= 15 is 4.57 Å². The molecule has 0 fully saturated rings. The Kier molecular flexibility index (Phi) is 7.38. The minimum absolute atomic E-state index is 0.265. The van der Waals surface area contributed by atoms with Gasteiger partial charge in [-0.2, -0.15) is 0 Å². The molecule has 60 heavy (non-hydrogen) atoms. The maximum Gasteiger partial charge on any atom is 0.172 e. The normalized spacial score (nSPS) is 14.7. The van der Waals surface area contributed by atoms with E-state index in [1.807, 2.05) is 0 Å². The largest absolute Gasteiger partial charge is 0.309 e. The molecule has 0 radical (unpaired) electrons. The van der Waals surface area contributed by atoms with E-state index in [0.29, 0.717) is 0 Å². The fourth-order valence-electron chi connectivity index (χ4n) is 11.2. The molecule has 0 saturated heterocycles. The van der Waals surface area contributed by atoms with E-state index in [1.165, 1.54) is 66.2 Å². The molecule has 0 spiro atoms. The molecule has 2 aliphatic rings. The van der Waals surface area contributed by atoms with Crippen LogP contribution in [0.15, 0.2) is 188 Å². The van der Waals surface area contributed by atoms with Crippen LogP contribution >= 0.6 is 7.14 Å². The van der Waals surface area contributed by atoms with Crippen molar-refractivity contribution in [2.75, 3.05) is 0 Å². The molecule has 0 atom stereocenters. The summed E-state index contributed by atoms with van der Waals surface area (Å²) in [6.45, 7) is 9.28. The van der Waals surface area contributed by atoms with Crippen LogP contribution in [-0.2, 0) is 15.4 Å². The Morgan fingerprint density at radius 2 is 0.750 bits per heavy atom. The summed E-state index contributed by atoms with van der Waals surface area (Å²) in [7, 11) is -3.73. The Morgan fingerprint density at radius 1 is 0.350 bits per heavy atom. The molecule has 0 heterocycles. The molecule has 0 aromatic heterocycles. The van der Waals surface area contributed by atoms with Crippen molar-refractivity contribution in [1.29, 1.82) is 0 Å². The average Bonchev–Trinajstić information content (AvgIpc) is 3.67. The van der Waals surface area contributed by atoms with Crippen molar-refractivity contribution in [3.05, 3.63) is 210 Å². The molecule has 0 unspecified atom stereocenters. The summed E-state index contributed by atoms with van der Waals surface area (Å²) < 4.78 is 18.0. The van der Waals surface area contributed by atoms with Gasteiger partial charge in [-0.05, 0) is 105 Å². The van der Waals surface area contributed by atoms with E-state index in [9.17, 15) is 0 Å². The Labute approximate surface area is 351 Å². The van der Waals surface area contributed by atoms with E-state index in [2.05, 4.69) is 216 Å². The van der Waals surface area contributed by atoms with Crippen molar-refractivity contribution < 1.29 is 4.57 Å². The van der Waals surface area contributed by atoms with Crippen molar-refractivity contribution in [3.63, 3.8) is 0 Å². The smallest absolute Gasteiger partial charge is 0.172 e. The van der Waals surface area contributed by atoms with E-state index in [4.69, 9.17) is 0 Å². The first-order valence-electron chi connectivity index (χ1n) is 21.1. The third-order valence-electron chi connectivity index (χ3n) is 14.1. The minimum atomic E-state index is -3.73. The van der Waals surface area contributed by atoms with Gasteiger partial charge in [0.25, 0.3) is 0 Å². The molecule has 0 aliphatic heterocycles. The molecule has 12 rings (SSSR count). The quantitative estimate of drug-likeness (QED) is 0.0986. The predicted molar refractivity (Wildman–Crippen MR) is 256 cm³/mol. The van der Waals surface area contributed by atoms with Gasteiger partial charge < -0.3 is 4.57 Å². The summed E-state index contributed by atoms with van der Waals surface area (Å²) >= 11 is 0. The van der Waals surface area contributed by atoms with Gasteiger partial charge in [0.05, 0.1) is 0 Å². The van der Waals surface area contributed by atoms with Crippen LogP contribution in [0, 0.1) is 0 Å². The van der Waals surface area contributed by atoms with E-state index in [-0.39, 0.29) is 10.8 Å². The Hall–Kier alpha value is -6.53. The predicted octanol–water partition coefficient (Wildman–Crippen LogP) is 14.2. The van der Waals surface area contributed by atoms with Gasteiger partial charge in [0.1, 0.15) is 0 Å². The third kappa shape index (κ3) is 4.62. The van der Waals surface area contributed by atoms with Gasteiger partial charge in [-0.15, -0.1) is 0 Å². The zero-order valence-electron chi connectivity index (χ0n) is 34.3.